The largest absolute Gasteiger partial charge is 0.260 e. The van der Waals surface area contributed by atoms with Crippen LogP contribution in [-0.4, -0.2) is 4.98 Å². The number of rotatable bonds is 2. The quantitative estimate of drug-likeness (QED) is 0.584. The van der Waals surface area contributed by atoms with Crippen molar-refractivity contribution in [2.24, 2.45) is 10.4 Å². The van der Waals surface area contributed by atoms with E-state index in [-0.39, 0.29) is 11.4 Å². The maximum atomic E-state index is 9.84. The van der Waals surface area contributed by atoms with Gasteiger partial charge in [0.1, 0.15) is 11.4 Å². The third-order valence-corrected chi connectivity index (χ3v) is 0.920. The molecular weight excluding hydrogens is 134 g/mol. The number of hydrogen-bond acceptors (Lipinski definition) is 5. The fourth-order valence-electron chi connectivity index (χ4n) is 0.516. The van der Waals surface area contributed by atoms with Gasteiger partial charge >= 0.3 is 0 Å². The molecule has 5 nitrogen and oxygen atoms in total. The van der Waals surface area contributed by atoms with E-state index in [1.807, 2.05) is 0 Å². The van der Waals surface area contributed by atoms with Crippen LogP contribution in [0.15, 0.2) is 28.8 Å². The minimum absolute atomic E-state index is 0.108. The molecule has 10 heavy (non-hydrogen) atoms. The van der Waals surface area contributed by atoms with E-state index in [2.05, 4.69) is 15.3 Å². The van der Waals surface area contributed by atoms with E-state index in [9.17, 15) is 9.81 Å². The summed E-state index contributed by atoms with van der Waals surface area (Å²) in [7, 11) is 0. The minimum atomic E-state index is 0.108. The SMILES string of the molecule is O=Nc1cncc(N=O)c1. The maximum absolute atomic E-state index is 9.84. The van der Waals surface area contributed by atoms with Crippen molar-refractivity contribution in [2.45, 2.75) is 0 Å². The van der Waals surface area contributed by atoms with Gasteiger partial charge in [-0.25, -0.2) is 0 Å². The predicted octanol–water partition coefficient (Wildman–Crippen LogP) is 1.88. The van der Waals surface area contributed by atoms with Crippen LogP contribution >= 0.6 is 0 Å². The second-order valence-electron chi connectivity index (χ2n) is 1.58. The van der Waals surface area contributed by atoms with Crippen LogP contribution in [0.3, 0.4) is 0 Å². The van der Waals surface area contributed by atoms with Crippen LogP contribution in [0.4, 0.5) is 11.4 Å². The number of aromatic nitrogens is 1. The second-order valence-corrected chi connectivity index (χ2v) is 1.58. The van der Waals surface area contributed by atoms with Gasteiger partial charge in [0.15, 0.2) is 0 Å². The topological polar surface area (TPSA) is 71.8 Å². The Bertz CT molecular complexity index is 238. The smallest absolute Gasteiger partial charge is 0.128 e. The number of pyridine rings is 1. The summed E-state index contributed by atoms with van der Waals surface area (Å²) in [6, 6.07) is 1.26. The first-order valence-electron chi connectivity index (χ1n) is 2.48. The van der Waals surface area contributed by atoms with Crippen molar-refractivity contribution in [1.29, 1.82) is 0 Å². The Morgan fingerprint density at radius 2 is 1.60 bits per heavy atom. The Balaban J connectivity index is 3.09. The van der Waals surface area contributed by atoms with E-state index in [1.165, 1.54) is 18.5 Å². The second kappa shape index (κ2) is 2.77. The van der Waals surface area contributed by atoms with Crippen LogP contribution in [-0.2, 0) is 0 Å². The van der Waals surface area contributed by atoms with Crippen LogP contribution in [0.5, 0.6) is 0 Å². The molecule has 0 aliphatic carbocycles. The highest BCUT2D eigenvalue weighted by atomic mass is 16.3. The third kappa shape index (κ3) is 1.19. The Labute approximate surface area is 56.0 Å². The van der Waals surface area contributed by atoms with E-state index in [0.29, 0.717) is 0 Å². The van der Waals surface area contributed by atoms with E-state index < -0.39 is 0 Å². The van der Waals surface area contributed by atoms with Gasteiger partial charge in [0.05, 0.1) is 12.4 Å². The summed E-state index contributed by atoms with van der Waals surface area (Å²) in [5, 5.41) is 5.14. The molecule has 0 bridgehead atoms. The Morgan fingerprint density at radius 1 is 1.10 bits per heavy atom. The first-order chi connectivity index (χ1) is 4.86. The average Bonchev–Trinajstić information content (AvgIpc) is 2.05. The summed E-state index contributed by atoms with van der Waals surface area (Å²) in [6.45, 7) is 0. The summed E-state index contributed by atoms with van der Waals surface area (Å²) < 4.78 is 0. The van der Waals surface area contributed by atoms with Gasteiger partial charge in [0, 0.05) is 0 Å². The fraction of sp³-hybridized carbons (Fsp3) is 0. The molecule has 0 saturated heterocycles. The van der Waals surface area contributed by atoms with Gasteiger partial charge in [0.2, 0.25) is 0 Å². The van der Waals surface area contributed by atoms with Gasteiger partial charge in [-0.3, -0.25) is 4.98 Å². The molecule has 1 heterocycles. The van der Waals surface area contributed by atoms with Crippen LogP contribution in [0.2, 0.25) is 0 Å². The van der Waals surface area contributed by atoms with Gasteiger partial charge in [0.25, 0.3) is 0 Å². The Morgan fingerprint density at radius 3 is 2.00 bits per heavy atom. The zero-order valence-corrected chi connectivity index (χ0v) is 4.89. The summed E-state index contributed by atoms with van der Waals surface area (Å²) in [4.78, 5) is 23.2. The number of nitrogens with zero attached hydrogens (tertiary/aromatic N) is 3. The van der Waals surface area contributed by atoms with Crippen LogP contribution in [0, 0.1) is 9.81 Å². The summed E-state index contributed by atoms with van der Waals surface area (Å²) in [5.74, 6) is 0. The molecule has 0 spiro atoms. The molecule has 0 aliphatic heterocycles. The molecule has 0 fully saturated rings. The normalized spacial score (nSPS) is 8.80. The van der Waals surface area contributed by atoms with Crippen molar-refractivity contribution in [3.63, 3.8) is 0 Å². The zero-order chi connectivity index (χ0) is 7.40. The third-order valence-electron chi connectivity index (χ3n) is 0.920. The number of nitroso groups, excluding NO2 is 2. The monoisotopic (exact) mass is 137 g/mol. The van der Waals surface area contributed by atoms with Crippen molar-refractivity contribution in [2.75, 3.05) is 0 Å². The maximum Gasteiger partial charge on any atom is 0.128 e. The van der Waals surface area contributed by atoms with Crippen LogP contribution in [0.25, 0.3) is 0 Å². The highest BCUT2D eigenvalue weighted by Crippen LogP contribution is 2.16. The standard InChI is InChI=1S/C5H3N3O2/c9-7-4-1-5(8-10)3-6-2-4/h1-3H. The zero-order valence-electron chi connectivity index (χ0n) is 4.89. The van der Waals surface area contributed by atoms with Crippen molar-refractivity contribution in [3.05, 3.63) is 28.3 Å². The minimum Gasteiger partial charge on any atom is -0.260 e. The van der Waals surface area contributed by atoms with Crippen molar-refractivity contribution in [3.8, 4) is 0 Å². The molecule has 0 amide bonds. The van der Waals surface area contributed by atoms with E-state index in [0.717, 1.165) is 0 Å². The number of hydrogen-bond donors (Lipinski definition) is 0. The van der Waals surface area contributed by atoms with E-state index >= 15 is 0 Å². The van der Waals surface area contributed by atoms with Gasteiger partial charge in [-0.2, -0.15) is 0 Å². The van der Waals surface area contributed by atoms with E-state index in [1.54, 1.807) is 0 Å². The molecular formula is C5H3N3O2. The lowest BCUT2D eigenvalue weighted by Crippen LogP contribution is -1.68. The first kappa shape index (κ1) is 6.47. The van der Waals surface area contributed by atoms with Gasteiger partial charge in [-0.1, -0.05) is 0 Å². The van der Waals surface area contributed by atoms with Crippen molar-refractivity contribution in [1.82, 2.24) is 4.98 Å². The molecule has 0 saturated carbocycles. The van der Waals surface area contributed by atoms with Gasteiger partial charge in [-0.15, -0.1) is 9.81 Å². The molecule has 50 valence electrons. The Hall–Kier alpha value is -1.65. The van der Waals surface area contributed by atoms with E-state index in [4.69, 9.17) is 0 Å². The lowest BCUT2D eigenvalue weighted by Gasteiger charge is -1.86. The van der Waals surface area contributed by atoms with Gasteiger partial charge in [-0.05, 0) is 16.4 Å². The van der Waals surface area contributed by atoms with Crippen molar-refractivity contribution >= 4 is 11.4 Å². The van der Waals surface area contributed by atoms with Crippen molar-refractivity contribution < 1.29 is 0 Å². The average molecular weight is 137 g/mol. The molecule has 1 rings (SSSR count). The van der Waals surface area contributed by atoms with Gasteiger partial charge < -0.3 is 0 Å². The van der Waals surface area contributed by atoms with Crippen LogP contribution in [0.1, 0.15) is 0 Å². The molecule has 0 atom stereocenters. The first-order valence-corrected chi connectivity index (χ1v) is 2.48. The summed E-state index contributed by atoms with van der Waals surface area (Å²) >= 11 is 0. The Kier molecular flexibility index (Phi) is 1.79. The molecule has 0 aromatic carbocycles. The molecule has 0 N–H and O–H groups in total. The lowest BCUT2D eigenvalue weighted by atomic mass is 10.4. The molecule has 0 aliphatic rings. The molecule has 0 unspecified atom stereocenters. The summed E-state index contributed by atoms with van der Waals surface area (Å²) in [6.07, 6.45) is 2.50. The van der Waals surface area contributed by atoms with Crippen LogP contribution < -0.4 is 0 Å². The highest BCUT2D eigenvalue weighted by Gasteiger charge is 1.93. The molecule has 0 radical (unpaired) electrons. The molecule has 5 heteroatoms. The highest BCUT2D eigenvalue weighted by molar-refractivity contribution is 5.46. The predicted molar refractivity (Wildman–Crippen MR) is 35.1 cm³/mol. The summed E-state index contributed by atoms with van der Waals surface area (Å²) in [5.41, 5.74) is 0.217. The molecule has 1 aromatic heterocycles. The fourth-order valence-corrected chi connectivity index (χ4v) is 0.516. The molecule has 1 aromatic rings. The lowest BCUT2D eigenvalue weighted by molar-refractivity contribution is 1.28.